The van der Waals surface area contributed by atoms with Gasteiger partial charge in [0.05, 0.1) is 0 Å². The Bertz CT molecular complexity index is 75.5. The number of hydrogen-bond acceptors (Lipinski definition) is 3. The Hall–Kier alpha value is -0.120. The first-order valence-corrected chi connectivity index (χ1v) is 3.30. The minimum atomic E-state index is -0.0602. The molecule has 0 fully saturated rings. The van der Waals surface area contributed by atoms with Gasteiger partial charge in [-0.15, -0.1) is 0 Å². The van der Waals surface area contributed by atoms with Crippen LogP contribution in [0.25, 0.3) is 0 Å². The third-order valence-electron chi connectivity index (χ3n) is 1.87. The van der Waals surface area contributed by atoms with Crippen molar-refractivity contribution in [3.05, 3.63) is 5.21 Å². The molecule has 0 heterocycles. The second kappa shape index (κ2) is 3.82. The zero-order valence-corrected chi connectivity index (χ0v) is 6.29. The molecule has 0 aromatic rings. The molecule has 0 aromatic carbocycles. The van der Waals surface area contributed by atoms with E-state index in [2.05, 4.69) is 0 Å². The van der Waals surface area contributed by atoms with Crippen LogP contribution in [-0.2, 0) is 0 Å². The standard InChI is InChI=1S/C6H15N2O/c1-4-5(2)6(3)8(7)9/h5-6H,4,7H2,1-3H3/q-1. The average Bonchev–Trinajstić information content (AvgIpc) is 1.84. The van der Waals surface area contributed by atoms with Crippen LogP contribution in [0, 0.1) is 11.1 Å². The highest BCUT2D eigenvalue weighted by molar-refractivity contribution is 4.66. The molecule has 0 aromatic heterocycles. The Labute approximate surface area is 56.4 Å². The Balaban J connectivity index is 3.58. The molecule has 0 aliphatic rings. The van der Waals surface area contributed by atoms with Crippen LogP contribution < -0.4 is 5.84 Å². The van der Waals surface area contributed by atoms with Crippen LogP contribution in [0.1, 0.15) is 27.2 Å². The fourth-order valence-electron chi connectivity index (χ4n) is 0.592. The molecule has 3 nitrogen and oxygen atoms in total. The van der Waals surface area contributed by atoms with E-state index < -0.39 is 0 Å². The molecular formula is C6H15N2O-. The second-order valence-corrected chi connectivity index (χ2v) is 2.49. The first-order chi connectivity index (χ1) is 4.09. The van der Waals surface area contributed by atoms with Gasteiger partial charge in [0.1, 0.15) is 0 Å². The summed E-state index contributed by atoms with van der Waals surface area (Å²) in [4.78, 5) is 0. The third kappa shape index (κ3) is 2.79. The summed E-state index contributed by atoms with van der Waals surface area (Å²) in [5, 5.41) is 11.0. The summed E-state index contributed by atoms with van der Waals surface area (Å²) in [6, 6.07) is -0.0602. The van der Waals surface area contributed by atoms with E-state index in [9.17, 15) is 5.21 Å². The molecule has 56 valence electrons. The van der Waals surface area contributed by atoms with E-state index in [1.54, 1.807) is 0 Å². The molecule has 2 unspecified atom stereocenters. The van der Waals surface area contributed by atoms with E-state index in [1.807, 2.05) is 20.8 Å². The number of nitrogens with zero attached hydrogens (tertiary/aromatic N) is 1. The van der Waals surface area contributed by atoms with Gasteiger partial charge < -0.3 is 10.4 Å². The van der Waals surface area contributed by atoms with Crippen LogP contribution in [0.3, 0.4) is 0 Å². The van der Waals surface area contributed by atoms with E-state index in [1.165, 1.54) is 0 Å². The van der Waals surface area contributed by atoms with E-state index >= 15 is 0 Å². The molecule has 2 atom stereocenters. The van der Waals surface area contributed by atoms with Gasteiger partial charge >= 0.3 is 0 Å². The van der Waals surface area contributed by atoms with Gasteiger partial charge in [-0.25, -0.2) is 0 Å². The maximum Gasteiger partial charge on any atom is 0.0103 e. The van der Waals surface area contributed by atoms with Gasteiger partial charge in [-0.3, -0.25) is 5.84 Å². The topological polar surface area (TPSA) is 52.3 Å². The lowest BCUT2D eigenvalue weighted by molar-refractivity contribution is 0.228. The zero-order valence-electron chi connectivity index (χ0n) is 6.29. The van der Waals surface area contributed by atoms with Crippen LogP contribution >= 0.6 is 0 Å². The summed E-state index contributed by atoms with van der Waals surface area (Å²) in [5.74, 6) is 5.37. The SMILES string of the molecule is CCC(C)C(C)N(N)[O-]. The van der Waals surface area contributed by atoms with Crippen LogP contribution in [-0.4, -0.2) is 11.2 Å². The Morgan fingerprint density at radius 2 is 2.00 bits per heavy atom. The summed E-state index contributed by atoms with van der Waals surface area (Å²) in [6.07, 6.45) is 0.997. The van der Waals surface area contributed by atoms with Crippen LogP contribution in [0.2, 0.25) is 0 Å². The Morgan fingerprint density at radius 1 is 1.56 bits per heavy atom. The minimum Gasteiger partial charge on any atom is -0.772 e. The summed E-state index contributed by atoms with van der Waals surface area (Å²) in [6.45, 7) is 5.90. The number of nitrogens with two attached hydrogens (primary N) is 1. The van der Waals surface area contributed by atoms with E-state index in [4.69, 9.17) is 5.84 Å². The van der Waals surface area contributed by atoms with Crippen molar-refractivity contribution < 1.29 is 0 Å². The summed E-state index contributed by atoms with van der Waals surface area (Å²) in [5.41, 5.74) is 0. The third-order valence-corrected chi connectivity index (χ3v) is 1.87. The molecule has 2 N–H and O–H groups in total. The summed E-state index contributed by atoms with van der Waals surface area (Å²) >= 11 is 0. The quantitative estimate of drug-likeness (QED) is 0.461. The van der Waals surface area contributed by atoms with Crippen molar-refractivity contribution in [1.29, 1.82) is 0 Å². The molecule has 0 rings (SSSR count). The van der Waals surface area contributed by atoms with Crippen LogP contribution in [0.15, 0.2) is 0 Å². The summed E-state index contributed by atoms with van der Waals surface area (Å²) < 4.78 is 0. The van der Waals surface area contributed by atoms with Crippen molar-refractivity contribution >= 4 is 0 Å². The molecule has 0 aliphatic heterocycles. The first-order valence-electron chi connectivity index (χ1n) is 3.30. The lowest BCUT2D eigenvalue weighted by atomic mass is 10.0. The maximum atomic E-state index is 10.4. The Kier molecular flexibility index (Phi) is 3.77. The highest BCUT2D eigenvalue weighted by Gasteiger charge is 2.08. The molecular weight excluding hydrogens is 116 g/mol. The van der Waals surface area contributed by atoms with Gasteiger partial charge in [-0.2, -0.15) is 0 Å². The van der Waals surface area contributed by atoms with Gasteiger partial charge in [-0.1, -0.05) is 20.3 Å². The number of hydrazine groups is 1. The largest absolute Gasteiger partial charge is 0.772 e. The predicted octanol–water partition coefficient (Wildman–Crippen LogP) is 1.09. The van der Waals surface area contributed by atoms with Gasteiger partial charge in [0.25, 0.3) is 0 Å². The lowest BCUT2D eigenvalue weighted by Gasteiger charge is -2.33. The summed E-state index contributed by atoms with van der Waals surface area (Å²) in [7, 11) is 0. The molecule has 0 radical (unpaired) electrons. The van der Waals surface area contributed by atoms with E-state index in [-0.39, 0.29) is 6.04 Å². The van der Waals surface area contributed by atoms with E-state index in [0.717, 1.165) is 6.42 Å². The average molecular weight is 131 g/mol. The van der Waals surface area contributed by atoms with Crippen molar-refractivity contribution in [3.63, 3.8) is 0 Å². The van der Waals surface area contributed by atoms with Gasteiger partial charge in [-0.05, 0) is 12.8 Å². The monoisotopic (exact) mass is 131 g/mol. The molecule has 0 saturated carbocycles. The second-order valence-electron chi connectivity index (χ2n) is 2.49. The van der Waals surface area contributed by atoms with Gasteiger partial charge in [0, 0.05) is 6.04 Å². The first kappa shape index (κ1) is 8.88. The fraction of sp³-hybridized carbons (Fsp3) is 1.00. The molecule has 0 bridgehead atoms. The van der Waals surface area contributed by atoms with Crippen molar-refractivity contribution in [1.82, 2.24) is 5.17 Å². The van der Waals surface area contributed by atoms with Crippen molar-refractivity contribution in [3.8, 4) is 0 Å². The van der Waals surface area contributed by atoms with Crippen molar-refractivity contribution in [2.75, 3.05) is 0 Å². The zero-order chi connectivity index (χ0) is 7.44. The number of rotatable bonds is 3. The van der Waals surface area contributed by atoms with Crippen LogP contribution in [0.5, 0.6) is 0 Å². The van der Waals surface area contributed by atoms with E-state index in [0.29, 0.717) is 11.1 Å². The highest BCUT2D eigenvalue weighted by atomic mass is 16.5. The normalized spacial score (nSPS) is 18.0. The molecule has 0 saturated heterocycles. The number of hydroxylamine groups is 1. The van der Waals surface area contributed by atoms with Crippen molar-refractivity contribution in [2.45, 2.75) is 33.2 Å². The molecule has 3 heteroatoms. The predicted molar refractivity (Wildman–Crippen MR) is 38.3 cm³/mol. The van der Waals surface area contributed by atoms with Gasteiger partial charge in [0.2, 0.25) is 0 Å². The minimum absolute atomic E-state index is 0.0602. The molecule has 0 amide bonds. The molecule has 9 heavy (non-hydrogen) atoms. The fourth-order valence-corrected chi connectivity index (χ4v) is 0.592. The lowest BCUT2D eigenvalue weighted by Crippen LogP contribution is -2.37. The van der Waals surface area contributed by atoms with Crippen LogP contribution in [0.4, 0.5) is 0 Å². The smallest absolute Gasteiger partial charge is 0.0103 e. The molecule has 0 spiro atoms. The van der Waals surface area contributed by atoms with Crippen molar-refractivity contribution in [2.24, 2.45) is 11.8 Å². The van der Waals surface area contributed by atoms with Gasteiger partial charge in [0.15, 0.2) is 0 Å². The molecule has 0 aliphatic carbocycles. The number of hydrogen-bond donors (Lipinski definition) is 1. The maximum absolute atomic E-state index is 10.4. The highest BCUT2D eigenvalue weighted by Crippen LogP contribution is 2.09. The Morgan fingerprint density at radius 3 is 2.11 bits per heavy atom.